The number of hydrogen-bond acceptors (Lipinski definition) is 2. The number of pyridine rings is 2. The third-order valence-corrected chi connectivity index (χ3v) is 6.47. The van der Waals surface area contributed by atoms with Crippen molar-refractivity contribution >= 4 is 11.9 Å². The Bertz CT molecular complexity index is 1440. The van der Waals surface area contributed by atoms with E-state index in [0.717, 1.165) is 35.3 Å². The summed E-state index contributed by atoms with van der Waals surface area (Å²) in [4.78, 5) is 22.1. The maximum atomic E-state index is 11.0. The average Bonchev–Trinajstić information content (AvgIpc) is 2.95. The predicted octanol–water partition coefficient (Wildman–Crippen LogP) is 5.09. The minimum atomic E-state index is -0.924. The Balaban J connectivity index is 1.19. The zero-order chi connectivity index (χ0) is 26.5. The SMILES string of the molecule is O=C(O)c1ccc(-c2cc[n+](Cc3ccc(C[n+]4ccc(-c5ccc(C(=O)O)cc5)cc4)cc3)cc2)cc1. The van der Waals surface area contributed by atoms with Crippen molar-refractivity contribution in [2.75, 3.05) is 0 Å². The van der Waals surface area contributed by atoms with Gasteiger partial charge in [-0.2, -0.15) is 0 Å². The first-order chi connectivity index (χ1) is 18.4. The molecule has 0 amide bonds. The van der Waals surface area contributed by atoms with Crippen LogP contribution in [0.3, 0.4) is 0 Å². The Hall–Kier alpha value is -5.10. The second-order valence-corrected chi connectivity index (χ2v) is 9.10. The van der Waals surface area contributed by atoms with Crippen molar-refractivity contribution in [1.29, 1.82) is 0 Å². The first-order valence-corrected chi connectivity index (χ1v) is 12.2. The predicted molar refractivity (Wildman–Crippen MR) is 143 cm³/mol. The molecular weight excluding hydrogens is 476 g/mol. The van der Waals surface area contributed by atoms with Gasteiger partial charge in [0.2, 0.25) is 0 Å². The fraction of sp³-hybridized carbons (Fsp3) is 0.0625. The van der Waals surface area contributed by atoms with Gasteiger partial charge in [0.25, 0.3) is 0 Å². The van der Waals surface area contributed by atoms with Gasteiger partial charge in [0.05, 0.1) is 11.1 Å². The van der Waals surface area contributed by atoms with Crippen LogP contribution >= 0.6 is 0 Å². The van der Waals surface area contributed by atoms with Crippen LogP contribution in [0.2, 0.25) is 0 Å². The highest BCUT2D eigenvalue weighted by atomic mass is 16.4. The molecule has 2 N–H and O–H groups in total. The smallest absolute Gasteiger partial charge is 0.335 e. The second kappa shape index (κ2) is 10.9. The summed E-state index contributed by atoms with van der Waals surface area (Å²) in [6.45, 7) is 1.50. The van der Waals surface area contributed by atoms with Gasteiger partial charge in [-0.15, -0.1) is 0 Å². The van der Waals surface area contributed by atoms with E-state index in [9.17, 15) is 9.59 Å². The average molecular weight is 503 g/mol. The zero-order valence-corrected chi connectivity index (χ0v) is 20.6. The molecule has 38 heavy (non-hydrogen) atoms. The minimum absolute atomic E-state index is 0.281. The Labute approximate surface area is 220 Å². The lowest BCUT2D eigenvalue weighted by molar-refractivity contribution is -0.688. The van der Waals surface area contributed by atoms with Gasteiger partial charge in [0, 0.05) is 35.4 Å². The topological polar surface area (TPSA) is 82.4 Å². The van der Waals surface area contributed by atoms with Crippen molar-refractivity contribution in [2.24, 2.45) is 0 Å². The lowest BCUT2D eigenvalue weighted by Crippen LogP contribution is -2.33. The molecule has 0 radical (unpaired) electrons. The molecule has 0 fully saturated rings. The molecule has 0 atom stereocenters. The number of nitrogens with zero attached hydrogens (tertiary/aromatic N) is 2. The van der Waals surface area contributed by atoms with Gasteiger partial charge >= 0.3 is 11.9 Å². The molecular formula is C32H26N2O4+2. The second-order valence-electron chi connectivity index (χ2n) is 9.10. The molecule has 186 valence electrons. The maximum Gasteiger partial charge on any atom is 0.335 e. The molecule has 3 aromatic carbocycles. The third kappa shape index (κ3) is 5.82. The van der Waals surface area contributed by atoms with Gasteiger partial charge in [-0.3, -0.25) is 0 Å². The molecule has 0 bridgehead atoms. The molecule has 5 aromatic rings. The number of aromatic carboxylic acids is 2. The van der Waals surface area contributed by atoms with Gasteiger partial charge in [-0.05, 0) is 46.5 Å². The summed E-state index contributed by atoms with van der Waals surface area (Å²) in [6.07, 6.45) is 8.11. The summed E-state index contributed by atoms with van der Waals surface area (Å²) in [5, 5.41) is 18.1. The quantitative estimate of drug-likeness (QED) is 0.290. The molecule has 2 aromatic heterocycles. The van der Waals surface area contributed by atoms with Crippen molar-refractivity contribution in [3.05, 3.63) is 144 Å². The standard InChI is InChI=1S/C32H24N2O4/c35-31(36)29-9-5-25(6-10-29)27-13-17-33(18-14-27)21-23-1-2-24(4-3-23)22-34-19-15-28(16-20-34)26-7-11-30(12-8-26)32(37)38/h1-20H,21-22H2/p+2. The normalized spacial score (nSPS) is 10.7. The third-order valence-electron chi connectivity index (χ3n) is 6.47. The van der Waals surface area contributed by atoms with Crippen LogP contribution in [0.4, 0.5) is 0 Å². The number of carbonyl (C=O) groups is 2. The number of carboxylic acid groups (broad SMARTS) is 2. The number of aromatic nitrogens is 2. The monoisotopic (exact) mass is 502 g/mol. The van der Waals surface area contributed by atoms with Crippen LogP contribution in [-0.2, 0) is 13.1 Å². The Kier molecular flexibility index (Phi) is 7.04. The van der Waals surface area contributed by atoms with Crippen LogP contribution in [0.5, 0.6) is 0 Å². The molecule has 5 rings (SSSR count). The van der Waals surface area contributed by atoms with Crippen LogP contribution in [0.25, 0.3) is 22.3 Å². The van der Waals surface area contributed by atoms with Crippen LogP contribution in [-0.4, -0.2) is 22.2 Å². The largest absolute Gasteiger partial charge is 0.478 e. The van der Waals surface area contributed by atoms with Gasteiger partial charge < -0.3 is 10.2 Å². The van der Waals surface area contributed by atoms with Gasteiger partial charge in [-0.25, -0.2) is 18.7 Å². The Morgan fingerprint density at radius 2 is 0.737 bits per heavy atom. The van der Waals surface area contributed by atoms with E-state index in [1.165, 1.54) is 11.1 Å². The van der Waals surface area contributed by atoms with E-state index >= 15 is 0 Å². The number of carboxylic acids is 2. The Morgan fingerprint density at radius 3 is 1.03 bits per heavy atom. The first-order valence-electron chi connectivity index (χ1n) is 12.2. The molecule has 0 saturated heterocycles. The Morgan fingerprint density at radius 1 is 0.447 bits per heavy atom. The molecule has 6 heteroatoms. The summed E-state index contributed by atoms with van der Waals surface area (Å²) < 4.78 is 4.22. The van der Waals surface area contributed by atoms with Gasteiger partial charge in [0.1, 0.15) is 0 Å². The summed E-state index contributed by atoms with van der Waals surface area (Å²) in [5.74, 6) is -1.85. The highest BCUT2D eigenvalue weighted by molar-refractivity contribution is 5.88. The lowest BCUT2D eigenvalue weighted by Gasteiger charge is -2.04. The summed E-state index contributed by atoms with van der Waals surface area (Å²) in [7, 11) is 0. The summed E-state index contributed by atoms with van der Waals surface area (Å²) in [5.41, 5.74) is 6.99. The van der Waals surface area contributed by atoms with Crippen molar-refractivity contribution in [3.8, 4) is 22.3 Å². The highest BCUT2D eigenvalue weighted by Crippen LogP contribution is 2.20. The van der Waals surface area contributed by atoms with E-state index < -0.39 is 11.9 Å². The summed E-state index contributed by atoms with van der Waals surface area (Å²) >= 11 is 0. The van der Waals surface area contributed by atoms with Crippen LogP contribution in [0.1, 0.15) is 31.8 Å². The molecule has 2 heterocycles. The van der Waals surface area contributed by atoms with E-state index in [1.54, 1.807) is 24.3 Å². The van der Waals surface area contributed by atoms with Crippen molar-refractivity contribution in [3.63, 3.8) is 0 Å². The number of benzene rings is 3. The molecule has 0 unspecified atom stereocenters. The fourth-order valence-corrected chi connectivity index (χ4v) is 4.29. The number of rotatable bonds is 8. The lowest BCUT2D eigenvalue weighted by atomic mass is 10.0. The van der Waals surface area contributed by atoms with Crippen LogP contribution in [0, 0.1) is 0 Å². The first kappa shape index (κ1) is 24.6. The molecule has 6 nitrogen and oxygen atoms in total. The zero-order valence-electron chi connectivity index (χ0n) is 20.6. The van der Waals surface area contributed by atoms with Crippen molar-refractivity contribution in [2.45, 2.75) is 13.1 Å². The molecule has 0 aliphatic heterocycles. The molecule has 0 spiro atoms. The highest BCUT2D eigenvalue weighted by Gasteiger charge is 2.09. The van der Waals surface area contributed by atoms with Crippen LogP contribution in [0.15, 0.2) is 122 Å². The molecule has 0 aliphatic carbocycles. The van der Waals surface area contributed by atoms with E-state index in [1.807, 2.05) is 73.3 Å². The summed E-state index contributed by atoms with van der Waals surface area (Å²) in [6, 6.07) is 30.5. The fourth-order valence-electron chi connectivity index (χ4n) is 4.29. The van der Waals surface area contributed by atoms with E-state index in [-0.39, 0.29) is 11.1 Å². The molecule has 0 aliphatic rings. The van der Waals surface area contributed by atoms with Crippen LogP contribution < -0.4 is 9.13 Å². The maximum absolute atomic E-state index is 11.0. The van der Waals surface area contributed by atoms with Crippen molar-refractivity contribution < 1.29 is 28.9 Å². The van der Waals surface area contributed by atoms with Gasteiger partial charge in [-0.1, -0.05) is 48.5 Å². The minimum Gasteiger partial charge on any atom is -0.478 e. The van der Waals surface area contributed by atoms with E-state index in [4.69, 9.17) is 10.2 Å². The van der Waals surface area contributed by atoms with Crippen molar-refractivity contribution in [1.82, 2.24) is 0 Å². The number of hydrogen-bond donors (Lipinski definition) is 2. The van der Waals surface area contributed by atoms with E-state index in [0.29, 0.717) is 0 Å². The molecule has 0 saturated carbocycles. The van der Waals surface area contributed by atoms with E-state index in [2.05, 4.69) is 33.4 Å². The van der Waals surface area contributed by atoms with Gasteiger partial charge in [0.15, 0.2) is 37.9 Å².